The quantitative estimate of drug-likeness (QED) is 0.872. The third-order valence-electron chi connectivity index (χ3n) is 2.90. The van der Waals surface area contributed by atoms with Crippen LogP contribution in [0, 0.1) is 13.8 Å². The summed E-state index contributed by atoms with van der Waals surface area (Å²) in [5.41, 5.74) is 10.5. The van der Waals surface area contributed by atoms with Crippen LogP contribution in [0.4, 0.5) is 5.82 Å². The highest BCUT2D eigenvalue weighted by Crippen LogP contribution is 2.31. The molecule has 0 spiro atoms. The zero-order valence-corrected chi connectivity index (χ0v) is 11.2. The van der Waals surface area contributed by atoms with E-state index in [1.54, 1.807) is 10.9 Å². The van der Waals surface area contributed by atoms with E-state index < -0.39 is 0 Å². The first kappa shape index (κ1) is 11.2. The van der Waals surface area contributed by atoms with E-state index in [4.69, 9.17) is 5.73 Å². The lowest BCUT2D eigenvalue weighted by atomic mass is 10.0. The van der Waals surface area contributed by atoms with Gasteiger partial charge in [-0.25, -0.2) is 0 Å². The predicted molar refractivity (Wildman–Crippen MR) is 70.2 cm³/mol. The van der Waals surface area contributed by atoms with Gasteiger partial charge in [0.2, 0.25) is 0 Å². The molecule has 1 aromatic carbocycles. The Hall–Kier alpha value is -1.29. The fourth-order valence-electron chi connectivity index (χ4n) is 1.64. The first-order valence-electron chi connectivity index (χ1n) is 5.05. The van der Waals surface area contributed by atoms with Crippen LogP contribution >= 0.6 is 15.9 Å². The monoisotopic (exact) mass is 279 g/mol. The van der Waals surface area contributed by atoms with Crippen molar-refractivity contribution in [2.24, 2.45) is 7.05 Å². The smallest absolute Gasteiger partial charge is 0.129 e. The third kappa shape index (κ3) is 1.73. The second-order valence-electron chi connectivity index (χ2n) is 3.97. The standard InChI is InChI=1S/C12H14BrN3/c1-7-4-9(5-11(13)8(7)2)10-6-15-16(3)12(10)14/h4-6H,14H2,1-3H3. The molecule has 4 heteroatoms. The molecule has 0 saturated carbocycles. The van der Waals surface area contributed by atoms with E-state index in [1.807, 2.05) is 7.05 Å². The average Bonchev–Trinajstić information content (AvgIpc) is 2.56. The molecule has 16 heavy (non-hydrogen) atoms. The number of rotatable bonds is 1. The van der Waals surface area contributed by atoms with Crippen molar-refractivity contribution in [3.05, 3.63) is 33.9 Å². The van der Waals surface area contributed by atoms with Crippen LogP contribution in [-0.2, 0) is 7.05 Å². The van der Waals surface area contributed by atoms with Gasteiger partial charge in [0.05, 0.1) is 6.20 Å². The van der Waals surface area contributed by atoms with Gasteiger partial charge in [-0.3, -0.25) is 4.68 Å². The number of nitrogens with two attached hydrogens (primary N) is 1. The minimum atomic E-state index is 0.690. The molecule has 0 atom stereocenters. The second kappa shape index (κ2) is 3.94. The summed E-state index contributed by atoms with van der Waals surface area (Å²) in [6, 6.07) is 4.21. The van der Waals surface area contributed by atoms with Crippen LogP contribution in [0.15, 0.2) is 22.8 Å². The van der Waals surface area contributed by atoms with E-state index in [0.29, 0.717) is 5.82 Å². The Bertz CT molecular complexity index is 520. The molecule has 0 aliphatic carbocycles. The van der Waals surface area contributed by atoms with Gasteiger partial charge < -0.3 is 5.73 Å². The second-order valence-corrected chi connectivity index (χ2v) is 4.82. The number of nitrogens with zero attached hydrogens (tertiary/aromatic N) is 2. The van der Waals surface area contributed by atoms with Crippen molar-refractivity contribution in [1.29, 1.82) is 0 Å². The van der Waals surface area contributed by atoms with Crippen molar-refractivity contribution in [3.63, 3.8) is 0 Å². The number of nitrogen functional groups attached to an aromatic ring is 1. The van der Waals surface area contributed by atoms with Gasteiger partial charge >= 0.3 is 0 Å². The largest absolute Gasteiger partial charge is 0.383 e. The topological polar surface area (TPSA) is 43.8 Å². The summed E-state index contributed by atoms with van der Waals surface area (Å²) in [5.74, 6) is 0.690. The van der Waals surface area contributed by atoms with Crippen LogP contribution in [0.1, 0.15) is 11.1 Å². The maximum Gasteiger partial charge on any atom is 0.129 e. The third-order valence-corrected chi connectivity index (χ3v) is 3.72. The van der Waals surface area contributed by atoms with Gasteiger partial charge in [0.1, 0.15) is 5.82 Å². The van der Waals surface area contributed by atoms with Crippen molar-refractivity contribution in [1.82, 2.24) is 9.78 Å². The molecular weight excluding hydrogens is 266 g/mol. The number of aryl methyl sites for hydroxylation is 2. The van der Waals surface area contributed by atoms with E-state index in [-0.39, 0.29) is 0 Å². The molecule has 2 rings (SSSR count). The van der Waals surface area contributed by atoms with Crippen molar-refractivity contribution in [2.45, 2.75) is 13.8 Å². The normalized spacial score (nSPS) is 10.8. The molecule has 2 aromatic rings. The fraction of sp³-hybridized carbons (Fsp3) is 0.250. The summed E-state index contributed by atoms with van der Waals surface area (Å²) in [6.45, 7) is 4.19. The molecule has 3 nitrogen and oxygen atoms in total. The molecule has 2 N–H and O–H groups in total. The van der Waals surface area contributed by atoms with Crippen LogP contribution in [0.3, 0.4) is 0 Å². The molecule has 84 valence electrons. The minimum absolute atomic E-state index is 0.690. The van der Waals surface area contributed by atoms with Crippen LogP contribution in [-0.4, -0.2) is 9.78 Å². The van der Waals surface area contributed by atoms with Crippen molar-refractivity contribution < 1.29 is 0 Å². The van der Waals surface area contributed by atoms with E-state index in [0.717, 1.165) is 15.6 Å². The Morgan fingerprint density at radius 2 is 2.00 bits per heavy atom. The minimum Gasteiger partial charge on any atom is -0.383 e. The average molecular weight is 280 g/mol. The number of benzene rings is 1. The molecule has 0 fully saturated rings. The molecule has 0 aliphatic heterocycles. The predicted octanol–water partition coefficient (Wildman–Crippen LogP) is 3.05. The number of hydrogen-bond donors (Lipinski definition) is 1. The lowest BCUT2D eigenvalue weighted by Gasteiger charge is -2.07. The van der Waals surface area contributed by atoms with Gasteiger partial charge in [-0.15, -0.1) is 0 Å². The van der Waals surface area contributed by atoms with Crippen LogP contribution in [0.2, 0.25) is 0 Å². The van der Waals surface area contributed by atoms with Crippen LogP contribution < -0.4 is 5.73 Å². The summed E-state index contributed by atoms with van der Waals surface area (Å²) < 4.78 is 2.78. The van der Waals surface area contributed by atoms with Crippen LogP contribution in [0.25, 0.3) is 11.1 Å². The highest BCUT2D eigenvalue weighted by molar-refractivity contribution is 9.10. The Balaban J connectivity index is 2.61. The van der Waals surface area contributed by atoms with Gasteiger partial charge in [0.15, 0.2) is 0 Å². The van der Waals surface area contributed by atoms with E-state index >= 15 is 0 Å². The highest BCUT2D eigenvalue weighted by atomic mass is 79.9. The summed E-state index contributed by atoms with van der Waals surface area (Å²) in [7, 11) is 1.84. The Morgan fingerprint density at radius 1 is 1.31 bits per heavy atom. The number of hydrogen-bond acceptors (Lipinski definition) is 2. The molecular formula is C12H14BrN3. The summed E-state index contributed by atoms with van der Waals surface area (Å²) >= 11 is 3.56. The summed E-state index contributed by atoms with van der Waals surface area (Å²) in [4.78, 5) is 0. The fourth-order valence-corrected chi connectivity index (χ4v) is 2.20. The highest BCUT2D eigenvalue weighted by Gasteiger charge is 2.09. The number of halogens is 1. The molecule has 0 saturated heterocycles. The van der Waals surface area contributed by atoms with E-state index in [1.165, 1.54) is 11.1 Å². The van der Waals surface area contributed by atoms with Crippen molar-refractivity contribution in [3.8, 4) is 11.1 Å². The molecule has 0 radical (unpaired) electrons. The van der Waals surface area contributed by atoms with Crippen LogP contribution in [0.5, 0.6) is 0 Å². The molecule has 0 bridgehead atoms. The lowest BCUT2D eigenvalue weighted by molar-refractivity contribution is 0.779. The van der Waals surface area contributed by atoms with Gasteiger partial charge in [0, 0.05) is 17.1 Å². The maximum atomic E-state index is 5.96. The zero-order chi connectivity index (χ0) is 11.9. The van der Waals surface area contributed by atoms with Gasteiger partial charge in [-0.05, 0) is 36.6 Å². The number of aromatic nitrogens is 2. The van der Waals surface area contributed by atoms with Crippen molar-refractivity contribution in [2.75, 3.05) is 5.73 Å². The summed E-state index contributed by atoms with van der Waals surface area (Å²) in [5, 5.41) is 4.15. The molecule has 0 aliphatic rings. The SMILES string of the molecule is Cc1cc(-c2cnn(C)c2N)cc(Br)c1C. The zero-order valence-electron chi connectivity index (χ0n) is 9.58. The Labute approximate surface area is 103 Å². The van der Waals surface area contributed by atoms with Gasteiger partial charge in [-0.2, -0.15) is 5.10 Å². The van der Waals surface area contributed by atoms with Gasteiger partial charge in [-0.1, -0.05) is 22.0 Å². The maximum absolute atomic E-state index is 5.96. The molecule has 1 heterocycles. The molecule has 0 amide bonds. The first-order chi connectivity index (χ1) is 7.50. The van der Waals surface area contributed by atoms with E-state index in [2.05, 4.69) is 47.0 Å². The Kier molecular flexibility index (Phi) is 2.76. The van der Waals surface area contributed by atoms with Gasteiger partial charge in [0.25, 0.3) is 0 Å². The Morgan fingerprint density at radius 3 is 2.50 bits per heavy atom. The molecule has 1 aromatic heterocycles. The first-order valence-corrected chi connectivity index (χ1v) is 5.84. The van der Waals surface area contributed by atoms with Crippen molar-refractivity contribution >= 4 is 21.7 Å². The lowest BCUT2D eigenvalue weighted by Crippen LogP contribution is -1.98. The van der Waals surface area contributed by atoms with E-state index in [9.17, 15) is 0 Å². The molecule has 0 unspecified atom stereocenters. The number of anilines is 1. The summed E-state index contributed by atoms with van der Waals surface area (Å²) in [6.07, 6.45) is 1.80.